The fourth-order valence-electron chi connectivity index (χ4n) is 3.05. The molecule has 2 heteroatoms. The lowest BCUT2D eigenvalue weighted by Gasteiger charge is -2.35. The third-order valence-electron chi connectivity index (χ3n) is 3.67. The van der Waals surface area contributed by atoms with Gasteiger partial charge in [-0.2, -0.15) is 0 Å². The number of esters is 1. The Labute approximate surface area is 77.3 Å². The van der Waals surface area contributed by atoms with Gasteiger partial charge in [0.1, 0.15) is 0 Å². The number of hydrogen-bond donors (Lipinski definition) is 0. The van der Waals surface area contributed by atoms with Crippen LogP contribution in [0.4, 0.5) is 0 Å². The molecule has 3 aliphatic rings. The van der Waals surface area contributed by atoms with Crippen LogP contribution < -0.4 is 0 Å². The molecule has 0 aliphatic heterocycles. The molecule has 1 fully saturated rings. The van der Waals surface area contributed by atoms with Crippen molar-refractivity contribution in [2.45, 2.75) is 6.42 Å². The van der Waals surface area contributed by atoms with Crippen molar-refractivity contribution in [3.63, 3.8) is 0 Å². The molecule has 1 saturated carbocycles. The largest absolute Gasteiger partial charge is 0.466 e. The number of hydrogen-bond acceptors (Lipinski definition) is 2. The molecule has 0 aromatic heterocycles. The summed E-state index contributed by atoms with van der Waals surface area (Å²) in [6.07, 6.45) is 7.91. The van der Waals surface area contributed by atoms with Gasteiger partial charge in [0.25, 0.3) is 0 Å². The van der Waals surface area contributed by atoms with Crippen LogP contribution in [-0.2, 0) is 9.53 Å². The van der Waals surface area contributed by atoms with Crippen molar-refractivity contribution in [2.24, 2.45) is 23.7 Å². The molecule has 0 aromatic rings. The molecule has 0 saturated heterocycles. The van der Waals surface area contributed by atoms with Crippen molar-refractivity contribution in [3.05, 3.63) is 23.8 Å². The Hall–Kier alpha value is -1.05. The van der Waals surface area contributed by atoms with E-state index >= 15 is 0 Å². The van der Waals surface area contributed by atoms with E-state index in [1.807, 2.05) is 0 Å². The molecule has 0 unspecified atom stereocenters. The lowest BCUT2D eigenvalue weighted by Crippen LogP contribution is -2.33. The molecule has 0 N–H and O–H groups in total. The van der Waals surface area contributed by atoms with E-state index in [2.05, 4.69) is 18.2 Å². The van der Waals surface area contributed by atoms with Crippen molar-refractivity contribution in [2.75, 3.05) is 7.11 Å². The zero-order valence-electron chi connectivity index (χ0n) is 7.57. The number of methoxy groups -OCH3 is 1. The van der Waals surface area contributed by atoms with Gasteiger partial charge in [-0.25, -0.2) is 4.79 Å². The smallest absolute Gasteiger partial charge is 0.333 e. The van der Waals surface area contributed by atoms with Crippen LogP contribution in [0.2, 0.25) is 0 Å². The second kappa shape index (κ2) is 2.25. The standard InChI is InChI=1S/C11H12O2/c1-13-11(12)9-5-8-6-2-3-7(4-6)10(8)9/h2-3,5-8,10H,4H2,1H3/t6-,7+,8+,10-/m1/s1. The Kier molecular flexibility index (Phi) is 1.27. The van der Waals surface area contributed by atoms with E-state index in [1.54, 1.807) is 0 Å². The zero-order valence-corrected chi connectivity index (χ0v) is 7.57. The van der Waals surface area contributed by atoms with Gasteiger partial charge in [0, 0.05) is 11.5 Å². The second-order valence-corrected chi connectivity index (χ2v) is 4.17. The fraction of sp³-hybridized carbons (Fsp3) is 0.545. The van der Waals surface area contributed by atoms with Crippen molar-refractivity contribution < 1.29 is 9.53 Å². The van der Waals surface area contributed by atoms with Crippen molar-refractivity contribution in [1.82, 2.24) is 0 Å². The molecule has 2 bridgehead atoms. The first-order valence-electron chi connectivity index (χ1n) is 4.79. The van der Waals surface area contributed by atoms with E-state index in [4.69, 9.17) is 4.74 Å². The van der Waals surface area contributed by atoms with Gasteiger partial charge in [0.05, 0.1) is 7.11 Å². The van der Waals surface area contributed by atoms with Crippen LogP contribution in [0.1, 0.15) is 6.42 Å². The van der Waals surface area contributed by atoms with Gasteiger partial charge in [0.15, 0.2) is 0 Å². The summed E-state index contributed by atoms with van der Waals surface area (Å²) < 4.78 is 4.74. The first kappa shape index (κ1) is 7.36. The summed E-state index contributed by atoms with van der Waals surface area (Å²) >= 11 is 0. The van der Waals surface area contributed by atoms with Crippen LogP contribution in [0.25, 0.3) is 0 Å². The summed E-state index contributed by atoms with van der Waals surface area (Å²) in [5.74, 6) is 2.34. The highest BCUT2D eigenvalue weighted by atomic mass is 16.5. The Morgan fingerprint density at radius 1 is 1.46 bits per heavy atom. The highest BCUT2D eigenvalue weighted by molar-refractivity contribution is 5.91. The van der Waals surface area contributed by atoms with E-state index in [1.165, 1.54) is 13.5 Å². The van der Waals surface area contributed by atoms with Crippen molar-refractivity contribution >= 4 is 5.97 Å². The number of allylic oxidation sites excluding steroid dienone is 3. The molecule has 3 rings (SSSR count). The fourth-order valence-corrected chi connectivity index (χ4v) is 3.05. The van der Waals surface area contributed by atoms with E-state index in [0.29, 0.717) is 23.7 Å². The van der Waals surface area contributed by atoms with Crippen LogP contribution in [0.5, 0.6) is 0 Å². The number of fused-ring (bicyclic) bond motifs is 5. The number of carbonyl (C=O) groups excluding carboxylic acids is 1. The molecular formula is C11H12O2. The zero-order chi connectivity index (χ0) is 9.00. The van der Waals surface area contributed by atoms with Gasteiger partial charge in [0.2, 0.25) is 0 Å². The minimum Gasteiger partial charge on any atom is -0.466 e. The maximum absolute atomic E-state index is 11.3. The van der Waals surface area contributed by atoms with E-state index in [-0.39, 0.29) is 5.97 Å². The SMILES string of the molecule is COC(=O)C1=C[C@@H]2[C@H]1[C@H]1C=C[C@@H]2C1. The predicted octanol–water partition coefficient (Wildman–Crippen LogP) is 1.54. The van der Waals surface area contributed by atoms with Gasteiger partial charge in [-0.15, -0.1) is 0 Å². The van der Waals surface area contributed by atoms with Crippen LogP contribution in [0.3, 0.4) is 0 Å². The molecule has 3 aliphatic carbocycles. The van der Waals surface area contributed by atoms with E-state index in [0.717, 1.165) is 5.57 Å². The molecule has 2 nitrogen and oxygen atoms in total. The molecular weight excluding hydrogens is 164 g/mol. The van der Waals surface area contributed by atoms with Gasteiger partial charge in [-0.1, -0.05) is 18.2 Å². The van der Waals surface area contributed by atoms with Crippen LogP contribution in [0, 0.1) is 23.7 Å². The summed E-state index contributed by atoms with van der Waals surface area (Å²) in [4.78, 5) is 11.3. The van der Waals surface area contributed by atoms with E-state index < -0.39 is 0 Å². The third kappa shape index (κ3) is 0.761. The van der Waals surface area contributed by atoms with Gasteiger partial charge < -0.3 is 4.74 Å². The molecule has 13 heavy (non-hydrogen) atoms. The molecule has 0 aromatic carbocycles. The molecule has 0 radical (unpaired) electrons. The summed E-state index contributed by atoms with van der Waals surface area (Å²) in [5, 5.41) is 0. The monoisotopic (exact) mass is 176 g/mol. The summed E-state index contributed by atoms with van der Waals surface area (Å²) in [5.41, 5.74) is 0.921. The normalized spacial score (nSPS) is 43.9. The number of carbonyl (C=O) groups is 1. The van der Waals surface area contributed by atoms with Crippen LogP contribution in [0.15, 0.2) is 23.8 Å². The summed E-state index contributed by atoms with van der Waals surface area (Å²) in [6.45, 7) is 0. The number of rotatable bonds is 1. The van der Waals surface area contributed by atoms with Crippen LogP contribution >= 0.6 is 0 Å². The Morgan fingerprint density at radius 3 is 2.92 bits per heavy atom. The van der Waals surface area contributed by atoms with E-state index in [9.17, 15) is 4.79 Å². The third-order valence-corrected chi connectivity index (χ3v) is 3.67. The average molecular weight is 176 g/mol. The quantitative estimate of drug-likeness (QED) is 0.447. The Balaban J connectivity index is 1.88. The molecule has 0 heterocycles. The minimum absolute atomic E-state index is 0.123. The highest BCUT2D eigenvalue weighted by Gasteiger charge is 2.52. The molecule has 68 valence electrons. The first-order valence-corrected chi connectivity index (χ1v) is 4.79. The van der Waals surface area contributed by atoms with Gasteiger partial charge >= 0.3 is 5.97 Å². The number of ether oxygens (including phenoxy) is 1. The summed E-state index contributed by atoms with van der Waals surface area (Å²) in [7, 11) is 1.46. The highest BCUT2D eigenvalue weighted by Crippen LogP contribution is 2.57. The van der Waals surface area contributed by atoms with Gasteiger partial charge in [-0.05, 0) is 24.2 Å². The maximum Gasteiger partial charge on any atom is 0.333 e. The van der Waals surface area contributed by atoms with Crippen molar-refractivity contribution in [3.8, 4) is 0 Å². The topological polar surface area (TPSA) is 26.3 Å². The summed E-state index contributed by atoms with van der Waals surface area (Å²) in [6, 6.07) is 0. The average Bonchev–Trinajstić information content (AvgIpc) is 2.59. The lowest BCUT2D eigenvalue weighted by atomic mass is 9.69. The Bertz CT molecular complexity index is 327. The lowest BCUT2D eigenvalue weighted by molar-refractivity contribution is -0.137. The maximum atomic E-state index is 11.3. The molecule has 4 atom stereocenters. The molecule has 0 spiro atoms. The van der Waals surface area contributed by atoms with Crippen molar-refractivity contribution in [1.29, 1.82) is 0 Å². The second-order valence-electron chi connectivity index (χ2n) is 4.17. The Morgan fingerprint density at radius 2 is 2.23 bits per heavy atom. The molecule has 0 amide bonds. The van der Waals surface area contributed by atoms with Crippen LogP contribution in [-0.4, -0.2) is 13.1 Å². The van der Waals surface area contributed by atoms with Gasteiger partial charge in [-0.3, -0.25) is 0 Å². The minimum atomic E-state index is -0.123. The predicted molar refractivity (Wildman–Crippen MR) is 47.8 cm³/mol. The first-order chi connectivity index (χ1) is 6.31.